The quantitative estimate of drug-likeness (QED) is 0.247. The summed E-state index contributed by atoms with van der Waals surface area (Å²) in [5.41, 5.74) is -0.118. The van der Waals surface area contributed by atoms with Gasteiger partial charge in [0.1, 0.15) is 10.9 Å². The average molecular weight is 303 g/mol. The normalized spacial score (nSPS) is 25.4. The van der Waals surface area contributed by atoms with Crippen molar-refractivity contribution in [2.24, 2.45) is 5.92 Å². The molecule has 0 saturated heterocycles. The average Bonchev–Trinajstić information content (AvgIpc) is 2.39. The molecule has 2 unspecified atom stereocenters. The molecule has 0 fully saturated rings. The Morgan fingerprint density at radius 2 is 2.10 bits per heavy atom. The van der Waals surface area contributed by atoms with Gasteiger partial charge in [-0.05, 0) is 20.0 Å². The van der Waals surface area contributed by atoms with Crippen LogP contribution in [0.1, 0.15) is 20.8 Å². The van der Waals surface area contributed by atoms with Crippen molar-refractivity contribution < 1.29 is 14.5 Å². The molecule has 0 aromatic rings. The number of ether oxygens (including phenoxy) is 1. The lowest BCUT2D eigenvalue weighted by Crippen LogP contribution is -2.52. The molecule has 1 rings (SSSR count). The van der Waals surface area contributed by atoms with Crippen LogP contribution in [0.4, 0.5) is 0 Å². The van der Waals surface area contributed by atoms with Gasteiger partial charge in [0.2, 0.25) is 0 Å². The molecule has 112 valence electrons. The van der Waals surface area contributed by atoms with Crippen LogP contribution < -0.4 is 0 Å². The third-order valence-electron chi connectivity index (χ3n) is 3.25. The van der Waals surface area contributed by atoms with Crippen LogP contribution in [-0.4, -0.2) is 40.5 Å². The molecule has 0 heterocycles. The Bertz CT molecular complexity index is 446. The largest absolute Gasteiger partial charge is 0.465 e. The van der Waals surface area contributed by atoms with Crippen LogP contribution in [0.5, 0.6) is 0 Å². The van der Waals surface area contributed by atoms with Gasteiger partial charge in [-0.1, -0.05) is 31.5 Å². The number of likely N-dealkylation sites (N-methyl/N-ethyl adjacent to an activating group) is 1. The van der Waals surface area contributed by atoms with Gasteiger partial charge < -0.3 is 4.74 Å². The smallest absolute Gasteiger partial charge is 0.316 e. The first-order valence-corrected chi connectivity index (χ1v) is 6.94. The zero-order chi connectivity index (χ0) is 15.3. The van der Waals surface area contributed by atoms with Gasteiger partial charge in [0.25, 0.3) is 5.70 Å². The summed E-state index contributed by atoms with van der Waals surface area (Å²) in [7, 11) is 0. The highest BCUT2D eigenvalue weighted by molar-refractivity contribution is 6.26. The number of hydrogen-bond donors (Lipinski definition) is 0. The van der Waals surface area contributed by atoms with Crippen LogP contribution in [0, 0.1) is 16.0 Å². The van der Waals surface area contributed by atoms with E-state index in [9.17, 15) is 14.9 Å². The minimum absolute atomic E-state index is 0.118. The van der Waals surface area contributed by atoms with Gasteiger partial charge in [-0.2, -0.15) is 0 Å². The monoisotopic (exact) mass is 302 g/mol. The molecule has 6 nitrogen and oxygen atoms in total. The lowest BCUT2D eigenvalue weighted by atomic mass is 9.91. The standard InChI is InChI=1S/C13H19ClN2O4/c1-4-15(5-2)13(14)9-10(16(18)19)7-8-11(13)12(17)20-6-3/h7-9,11H,4-6H2,1-3H3. The maximum absolute atomic E-state index is 12.0. The summed E-state index contributed by atoms with van der Waals surface area (Å²) in [5.74, 6) is -1.25. The topological polar surface area (TPSA) is 72.7 Å². The van der Waals surface area contributed by atoms with Gasteiger partial charge in [0, 0.05) is 12.2 Å². The van der Waals surface area contributed by atoms with Crippen molar-refractivity contribution >= 4 is 17.6 Å². The summed E-state index contributed by atoms with van der Waals surface area (Å²) in [6.07, 6.45) is 4.07. The molecule has 0 amide bonds. The van der Waals surface area contributed by atoms with E-state index in [1.807, 2.05) is 13.8 Å². The Hall–Kier alpha value is -1.40. The fourth-order valence-corrected chi connectivity index (χ4v) is 2.77. The van der Waals surface area contributed by atoms with Crippen molar-refractivity contribution in [1.29, 1.82) is 0 Å². The predicted molar refractivity (Wildman–Crippen MR) is 75.8 cm³/mol. The maximum atomic E-state index is 12.0. The number of alkyl halides is 1. The lowest BCUT2D eigenvalue weighted by Gasteiger charge is -2.40. The first-order chi connectivity index (χ1) is 9.40. The van der Waals surface area contributed by atoms with Gasteiger partial charge in [0.15, 0.2) is 0 Å². The highest BCUT2D eigenvalue weighted by Crippen LogP contribution is 2.37. The maximum Gasteiger partial charge on any atom is 0.316 e. The van der Waals surface area contributed by atoms with Gasteiger partial charge in [-0.3, -0.25) is 19.8 Å². The summed E-state index contributed by atoms with van der Waals surface area (Å²) in [6.45, 7) is 6.83. The van der Waals surface area contributed by atoms with Gasteiger partial charge in [-0.15, -0.1) is 0 Å². The van der Waals surface area contributed by atoms with E-state index < -0.39 is 21.8 Å². The van der Waals surface area contributed by atoms with Gasteiger partial charge in [-0.25, -0.2) is 0 Å². The fourth-order valence-electron chi connectivity index (χ4n) is 2.26. The van der Waals surface area contributed by atoms with Gasteiger partial charge >= 0.3 is 5.97 Å². The zero-order valence-electron chi connectivity index (χ0n) is 11.8. The highest BCUT2D eigenvalue weighted by atomic mass is 35.5. The van der Waals surface area contributed by atoms with Crippen LogP contribution in [0.15, 0.2) is 23.9 Å². The molecule has 0 aliphatic heterocycles. The predicted octanol–water partition coefficient (Wildman–Crippen LogP) is 2.17. The van der Waals surface area contributed by atoms with Crippen molar-refractivity contribution in [3.63, 3.8) is 0 Å². The number of allylic oxidation sites excluding steroid dienone is 1. The van der Waals surface area contributed by atoms with Crippen LogP contribution >= 0.6 is 11.6 Å². The van der Waals surface area contributed by atoms with Gasteiger partial charge in [0.05, 0.1) is 11.5 Å². The molecule has 0 aromatic carbocycles. The molecule has 7 heteroatoms. The molecule has 0 bridgehead atoms. The third kappa shape index (κ3) is 3.19. The first kappa shape index (κ1) is 16.7. The number of halogens is 1. The fraction of sp³-hybridized carbons (Fsp3) is 0.615. The molecule has 0 N–H and O–H groups in total. The highest BCUT2D eigenvalue weighted by Gasteiger charge is 2.47. The molecule has 0 aromatic heterocycles. The summed E-state index contributed by atoms with van der Waals surface area (Å²) in [4.78, 5) is 23.0. The van der Waals surface area contributed by atoms with Crippen LogP contribution in [0.25, 0.3) is 0 Å². The van der Waals surface area contributed by atoms with Crippen molar-refractivity contribution in [3.8, 4) is 0 Å². The van der Waals surface area contributed by atoms with Crippen molar-refractivity contribution in [1.82, 2.24) is 4.90 Å². The number of rotatable bonds is 6. The first-order valence-electron chi connectivity index (χ1n) is 6.56. The Morgan fingerprint density at radius 3 is 2.55 bits per heavy atom. The van der Waals surface area contributed by atoms with E-state index in [0.29, 0.717) is 13.1 Å². The van der Waals surface area contributed by atoms with E-state index in [4.69, 9.17) is 16.3 Å². The summed E-state index contributed by atoms with van der Waals surface area (Å²) < 4.78 is 5.01. The molecule has 0 radical (unpaired) electrons. The van der Waals surface area contributed by atoms with Crippen LogP contribution in [-0.2, 0) is 9.53 Å². The molecule has 20 heavy (non-hydrogen) atoms. The summed E-state index contributed by atoms with van der Waals surface area (Å²) in [5, 5.41) is 10.9. The van der Waals surface area contributed by atoms with E-state index in [2.05, 4.69) is 0 Å². The number of nitro groups is 1. The summed E-state index contributed by atoms with van der Waals surface area (Å²) in [6, 6.07) is 0. The second-order valence-corrected chi connectivity index (χ2v) is 4.92. The zero-order valence-corrected chi connectivity index (χ0v) is 12.6. The van der Waals surface area contributed by atoms with E-state index in [1.165, 1.54) is 18.2 Å². The number of carbonyl (C=O) groups excluding carboxylic acids is 1. The van der Waals surface area contributed by atoms with Crippen molar-refractivity contribution in [2.45, 2.75) is 25.8 Å². The second-order valence-electron chi connectivity index (χ2n) is 4.32. The van der Waals surface area contributed by atoms with Crippen molar-refractivity contribution in [3.05, 3.63) is 34.0 Å². The van der Waals surface area contributed by atoms with Crippen LogP contribution in [0.3, 0.4) is 0 Å². The number of carbonyl (C=O) groups is 1. The van der Waals surface area contributed by atoms with E-state index in [0.717, 1.165) is 0 Å². The Labute approximate surface area is 123 Å². The SMILES string of the molecule is CCOC(=O)C1C=CC([N+](=O)[O-])=CC1(Cl)N(CC)CC. The van der Waals surface area contributed by atoms with Crippen LogP contribution in [0.2, 0.25) is 0 Å². The Morgan fingerprint density at radius 1 is 1.50 bits per heavy atom. The minimum atomic E-state index is -1.27. The number of esters is 1. The van der Waals surface area contributed by atoms with E-state index in [1.54, 1.807) is 11.8 Å². The Balaban J connectivity index is 3.22. The lowest BCUT2D eigenvalue weighted by molar-refractivity contribution is -0.420. The number of nitrogens with zero attached hydrogens (tertiary/aromatic N) is 2. The number of hydrogen-bond acceptors (Lipinski definition) is 5. The minimum Gasteiger partial charge on any atom is -0.465 e. The summed E-state index contributed by atoms with van der Waals surface area (Å²) >= 11 is 6.57. The molecule has 1 aliphatic rings. The Kier molecular flexibility index (Phi) is 5.71. The third-order valence-corrected chi connectivity index (χ3v) is 3.83. The molecular weight excluding hydrogens is 284 g/mol. The van der Waals surface area contributed by atoms with E-state index in [-0.39, 0.29) is 12.3 Å². The van der Waals surface area contributed by atoms with E-state index >= 15 is 0 Å². The molecule has 2 atom stereocenters. The molecule has 0 saturated carbocycles. The molecule has 0 spiro atoms. The second kappa shape index (κ2) is 6.85. The molecule has 1 aliphatic carbocycles. The van der Waals surface area contributed by atoms with Crippen molar-refractivity contribution in [2.75, 3.05) is 19.7 Å². The molecular formula is C13H19ClN2O4.